The van der Waals surface area contributed by atoms with Gasteiger partial charge < -0.3 is 9.76 Å². The first-order valence-corrected chi connectivity index (χ1v) is 10.1. The lowest BCUT2D eigenvalue weighted by atomic mass is 9.82. The largest absolute Gasteiger partial charge is 0.427 e. The van der Waals surface area contributed by atoms with E-state index in [1.54, 1.807) is 32.7 Å². The standard InChI is InChI=1S/C22H21BClO2S/c1-21(2,25)22(3,4)26-23-15-11-17(24)20-16-9-13-7-5-6-8-14(13)10-18(16)27-19(20)12-15/h5-12,25H,1-4H3. The molecule has 27 heavy (non-hydrogen) atoms. The van der Waals surface area contributed by atoms with Crippen LogP contribution in [0.5, 0.6) is 0 Å². The van der Waals surface area contributed by atoms with Gasteiger partial charge >= 0.3 is 7.48 Å². The van der Waals surface area contributed by atoms with Crippen molar-refractivity contribution >= 4 is 66.8 Å². The number of hydrogen-bond acceptors (Lipinski definition) is 3. The molecule has 3 aromatic carbocycles. The van der Waals surface area contributed by atoms with E-state index in [0.717, 1.165) is 15.5 Å². The first-order chi connectivity index (χ1) is 12.7. The molecule has 1 aromatic heterocycles. The number of halogens is 1. The maximum Gasteiger partial charge on any atom is 0.331 e. The Kier molecular flexibility index (Phi) is 4.51. The normalized spacial score (nSPS) is 13.0. The SMILES string of the molecule is CC(C)(O)C(C)(C)O[B]c1cc(Cl)c2c(c1)sc1cc3ccccc3cc12. The van der Waals surface area contributed by atoms with Gasteiger partial charge in [-0.25, -0.2) is 0 Å². The average molecular weight is 396 g/mol. The van der Waals surface area contributed by atoms with Crippen LogP contribution in [-0.4, -0.2) is 23.8 Å². The van der Waals surface area contributed by atoms with Crippen molar-refractivity contribution in [3.8, 4) is 0 Å². The summed E-state index contributed by atoms with van der Waals surface area (Å²) < 4.78 is 8.24. The highest BCUT2D eigenvalue weighted by Gasteiger charge is 2.35. The van der Waals surface area contributed by atoms with Crippen molar-refractivity contribution in [1.29, 1.82) is 0 Å². The Bertz CT molecular complexity index is 1160. The predicted molar refractivity (Wildman–Crippen MR) is 119 cm³/mol. The third-order valence-electron chi connectivity index (χ3n) is 5.38. The second kappa shape index (κ2) is 6.49. The number of fused-ring (bicyclic) bond motifs is 4. The van der Waals surface area contributed by atoms with E-state index in [9.17, 15) is 5.11 Å². The second-order valence-electron chi connectivity index (χ2n) is 7.98. The summed E-state index contributed by atoms with van der Waals surface area (Å²) in [6.45, 7) is 7.23. The summed E-state index contributed by atoms with van der Waals surface area (Å²) in [5.74, 6) is 0. The fraction of sp³-hybridized carbons (Fsp3) is 0.273. The highest BCUT2D eigenvalue weighted by atomic mass is 35.5. The predicted octanol–water partition coefficient (Wildman–Crippen LogP) is 5.67. The molecule has 2 nitrogen and oxygen atoms in total. The monoisotopic (exact) mass is 395 g/mol. The lowest BCUT2D eigenvalue weighted by molar-refractivity contribution is -0.0893. The van der Waals surface area contributed by atoms with Crippen LogP contribution < -0.4 is 5.46 Å². The number of benzene rings is 3. The quantitative estimate of drug-likeness (QED) is 0.451. The molecule has 0 aliphatic carbocycles. The molecule has 4 rings (SSSR count). The molecule has 0 saturated heterocycles. The van der Waals surface area contributed by atoms with Gasteiger partial charge in [0.2, 0.25) is 0 Å². The Labute approximate surface area is 169 Å². The molecule has 5 heteroatoms. The van der Waals surface area contributed by atoms with Gasteiger partial charge in [-0.15, -0.1) is 11.3 Å². The van der Waals surface area contributed by atoms with Gasteiger partial charge in [-0.3, -0.25) is 0 Å². The first kappa shape index (κ1) is 18.8. The van der Waals surface area contributed by atoms with E-state index in [1.807, 2.05) is 19.9 Å². The van der Waals surface area contributed by atoms with Crippen molar-refractivity contribution in [2.45, 2.75) is 38.9 Å². The minimum absolute atomic E-state index is 0.713. The minimum atomic E-state index is -0.963. The summed E-state index contributed by atoms with van der Waals surface area (Å²) >= 11 is 8.39. The topological polar surface area (TPSA) is 29.5 Å². The summed E-state index contributed by atoms with van der Waals surface area (Å²) in [5, 5.41) is 15.7. The van der Waals surface area contributed by atoms with Crippen LogP contribution >= 0.6 is 22.9 Å². The molecule has 0 aliphatic heterocycles. The van der Waals surface area contributed by atoms with E-state index >= 15 is 0 Å². The van der Waals surface area contributed by atoms with E-state index in [1.165, 1.54) is 20.9 Å². The van der Waals surface area contributed by atoms with Crippen LogP contribution in [0.1, 0.15) is 27.7 Å². The minimum Gasteiger partial charge on any atom is -0.427 e. The van der Waals surface area contributed by atoms with Crippen LogP contribution in [0.25, 0.3) is 30.9 Å². The van der Waals surface area contributed by atoms with Gasteiger partial charge in [0.05, 0.1) is 11.2 Å². The van der Waals surface area contributed by atoms with Gasteiger partial charge in [-0.2, -0.15) is 0 Å². The molecule has 0 saturated carbocycles. The van der Waals surface area contributed by atoms with Crippen LogP contribution in [-0.2, 0) is 4.65 Å². The lowest BCUT2D eigenvalue weighted by Gasteiger charge is -2.37. The molecular weight excluding hydrogens is 375 g/mol. The third-order valence-corrected chi connectivity index (χ3v) is 6.77. The Morgan fingerprint density at radius 3 is 2.30 bits per heavy atom. The van der Waals surface area contributed by atoms with Crippen molar-refractivity contribution < 1.29 is 9.76 Å². The lowest BCUT2D eigenvalue weighted by Crippen LogP contribution is -2.49. The number of thiophene rings is 1. The van der Waals surface area contributed by atoms with Gasteiger partial charge in [-0.05, 0) is 62.7 Å². The zero-order chi connectivity index (χ0) is 19.4. The molecule has 4 aromatic rings. The molecular formula is C22H21BClO2S. The molecule has 0 fully saturated rings. The second-order valence-corrected chi connectivity index (χ2v) is 9.47. The summed E-state index contributed by atoms with van der Waals surface area (Å²) in [4.78, 5) is 0. The summed E-state index contributed by atoms with van der Waals surface area (Å²) in [5.41, 5.74) is -0.789. The first-order valence-electron chi connectivity index (χ1n) is 8.94. The van der Waals surface area contributed by atoms with Crippen molar-refractivity contribution in [3.63, 3.8) is 0 Å². The Balaban J connectivity index is 1.77. The van der Waals surface area contributed by atoms with E-state index in [-0.39, 0.29) is 0 Å². The molecule has 0 atom stereocenters. The highest BCUT2D eigenvalue weighted by molar-refractivity contribution is 7.26. The summed E-state index contributed by atoms with van der Waals surface area (Å²) in [6, 6.07) is 16.8. The van der Waals surface area contributed by atoms with Crippen molar-refractivity contribution in [1.82, 2.24) is 0 Å². The maximum atomic E-state index is 10.3. The van der Waals surface area contributed by atoms with Crippen molar-refractivity contribution in [3.05, 3.63) is 53.6 Å². The molecule has 0 amide bonds. The number of aliphatic hydroxyl groups is 1. The van der Waals surface area contributed by atoms with Crippen molar-refractivity contribution in [2.75, 3.05) is 0 Å². The van der Waals surface area contributed by atoms with Gasteiger partial charge in [0, 0.05) is 25.2 Å². The van der Waals surface area contributed by atoms with Crippen LogP contribution in [0.3, 0.4) is 0 Å². The summed E-state index contributed by atoms with van der Waals surface area (Å²) in [7, 11) is 1.68. The Morgan fingerprint density at radius 2 is 1.63 bits per heavy atom. The fourth-order valence-electron chi connectivity index (χ4n) is 2.99. The van der Waals surface area contributed by atoms with Crippen molar-refractivity contribution in [2.24, 2.45) is 0 Å². The Hall–Kier alpha value is -1.59. The van der Waals surface area contributed by atoms with Crippen LogP contribution in [0.15, 0.2) is 48.5 Å². The van der Waals surface area contributed by atoms with Gasteiger partial charge in [0.25, 0.3) is 0 Å². The van der Waals surface area contributed by atoms with Crippen LogP contribution in [0.2, 0.25) is 5.02 Å². The molecule has 0 spiro atoms. The van der Waals surface area contributed by atoms with Gasteiger partial charge in [-0.1, -0.05) is 41.3 Å². The van der Waals surface area contributed by atoms with E-state index in [2.05, 4.69) is 42.5 Å². The van der Waals surface area contributed by atoms with E-state index < -0.39 is 11.2 Å². The highest BCUT2D eigenvalue weighted by Crippen LogP contribution is 2.39. The van der Waals surface area contributed by atoms with Gasteiger partial charge in [0.1, 0.15) is 0 Å². The molecule has 0 aliphatic rings. The van der Waals surface area contributed by atoms with E-state index in [0.29, 0.717) is 5.02 Å². The third kappa shape index (κ3) is 3.36. The molecule has 1 heterocycles. The zero-order valence-corrected chi connectivity index (χ0v) is 17.4. The average Bonchev–Trinajstić information content (AvgIpc) is 2.94. The molecule has 0 unspecified atom stereocenters. The zero-order valence-electron chi connectivity index (χ0n) is 15.8. The van der Waals surface area contributed by atoms with Gasteiger partial charge in [0.15, 0.2) is 0 Å². The summed E-state index contributed by atoms with van der Waals surface area (Å²) in [6.07, 6.45) is 0. The number of hydrogen-bond donors (Lipinski definition) is 1. The molecule has 0 bridgehead atoms. The van der Waals surface area contributed by atoms with Crippen LogP contribution in [0, 0.1) is 0 Å². The molecule has 1 N–H and O–H groups in total. The number of rotatable bonds is 4. The smallest absolute Gasteiger partial charge is 0.331 e. The molecule has 137 valence electrons. The van der Waals surface area contributed by atoms with E-state index in [4.69, 9.17) is 16.3 Å². The molecule has 1 radical (unpaired) electrons. The fourth-order valence-corrected chi connectivity index (χ4v) is 4.58. The Morgan fingerprint density at radius 1 is 0.963 bits per heavy atom. The maximum absolute atomic E-state index is 10.3. The van der Waals surface area contributed by atoms with Crippen LogP contribution in [0.4, 0.5) is 0 Å².